The normalized spacial score (nSPS) is 32.2. The van der Waals surface area contributed by atoms with E-state index in [-0.39, 0.29) is 0 Å². The van der Waals surface area contributed by atoms with Gasteiger partial charge in [-0.2, -0.15) is 0 Å². The zero-order chi connectivity index (χ0) is 11.4. The maximum atomic E-state index is 3.53. The predicted molar refractivity (Wildman–Crippen MR) is 69.7 cm³/mol. The number of hydrogen-bond donors (Lipinski definition) is 1. The van der Waals surface area contributed by atoms with E-state index >= 15 is 0 Å². The lowest BCUT2D eigenvalue weighted by atomic mass is 9.88. The second-order valence-electron chi connectivity index (χ2n) is 6.57. The van der Waals surface area contributed by atoms with Gasteiger partial charge in [0.05, 0.1) is 0 Å². The molecule has 0 saturated carbocycles. The zero-order valence-electron chi connectivity index (χ0n) is 11.1. The first-order chi connectivity index (χ1) is 7.66. The Bertz CT molecular complexity index is 207. The maximum Gasteiger partial charge on any atom is 0.00328 e. The van der Waals surface area contributed by atoms with E-state index in [2.05, 4.69) is 24.1 Å². The van der Waals surface area contributed by atoms with Crippen molar-refractivity contribution in [3.05, 3.63) is 0 Å². The molecular weight excluding hydrogens is 196 g/mol. The molecule has 0 bridgehead atoms. The fourth-order valence-electron chi connectivity index (χ4n) is 3.30. The van der Waals surface area contributed by atoms with E-state index in [0.717, 1.165) is 5.92 Å². The monoisotopic (exact) mass is 224 g/mol. The minimum atomic E-state index is 0.540. The Morgan fingerprint density at radius 1 is 1.25 bits per heavy atom. The van der Waals surface area contributed by atoms with Crippen LogP contribution in [0, 0.1) is 11.3 Å². The van der Waals surface area contributed by atoms with Gasteiger partial charge in [0.2, 0.25) is 0 Å². The Balaban J connectivity index is 1.82. The molecule has 0 spiro atoms. The summed E-state index contributed by atoms with van der Waals surface area (Å²) in [5, 5.41) is 3.53. The van der Waals surface area contributed by atoms with Gasteiger partial charge in [0, 0.05) is 13.1 Å². The van der Waals surface area contributed by atoms with Crippen LogP contribution in [0.2, 0.25) is 0 Å². The van der Waals surface area contributed by atoms with Crippen molar-refractivity contribution in [2.75, 3.05) is 32.7 Å². The number of nitrogens with one attached hydrogen (secondary N) is 1. The Morgan fingerprint density at radius 2 is 2.12 bits per heavy atom. The Labute approximate surface area is 101 Å². The molecule has 1 unspecified atom stereocenters. The topological polar surface area (TPSA) is 15.3 Å². The average molecular weight is 224 g/mol. The van der Waals surface area contributed by atoms with Crippen LogP contribution in [0.1, 0.15) is 46.0 Å². The van der Waals surface area contributed by atoms with Crippen molar-refractivity contribution in [2.24, 2.45) is 11.3 Å². The SMILES string of the molecule is CC1(C)CCCCN(CC2CCCNC2)C1. The Morgan fingerprint density at radius 3 is 2.88 bits per heavy atom. The van der Waals surface area contributed by atoms with E-state index in [1.54, 1.807) is 0 Å². The lowest BCUT2D eigenvalue weighted by molar-refractivity contribution is 0.160. The first-order valence-electron chi connectivity index (χ1n) is 7.09. The molecule has 1 N–H and O–H groups in total. The molecule has 0 aromatic carbocycles. The molecule has 0 aromatic heterocycles. The molecule has 16 heavy (non-hydrogen) atoms. The van der Waals surface area contributed by atoms with Crippen LogP contribution in [-0.2, 0) is 0 Å². The van der Waals surface area contributed by atoms with E-state index in [0.29, 0.717) is 5.41 Å². The lowest BCUT2D eigenvalue weighted by Crippen LogP contribution is -2.41. The van der Waals surface area contributed by atoms with Gasteiger partial charge in [-0.1, -0.05) is 20.3 Å². The van der Waals surface area contributed by atoms with E-state index in [4.69, 9.17) is 0 Å². The summed E-state index contributed by atoms with van der Waals surface area (Å²) in [6, 6.07) is 0. The van der Waals surface area contributed by atoms with E-state index in [1.165, 1.54) is 64.8 Å². The molecule has 94 valence electrons. The number of hydrogen-bond acceptors (Lipinski definition) is 2. The molecule has 1 atom stereocenters. The maximum absolute atomic E-state index is 3.53. The summed E-state index contributed by atoms with van der Waals surface area (Å²) >= 11 is 0. The lowest BCUT2D eigenvalue weighted by Gasteiger charge is -2.33. The summed E-state index contributed by atoms with van der Waals surface area (Å²) < 4.78 is 0. The smallest absolute Gasteiger partial charge is 0.00328 e. The van der Waals surface area contributed by atoms with Crippen LogP contribution >= 0.6 is 0 Å². The number of nitrogens with zero attached hydrogens (tertiary/aromatic N) is 1. The van der Waals surface area contributed by atoms with Gasteiger partial charge in [0.15, 0.2) is 0 Å². The van der Waals surface area contributed by atoms with Crippen molar-refractivity contribution in [1.29, 1.82) is 0 Å². The van der Waals surface area contributed by atoms with Crippen molar-refractivity contribution >= 4 is 0 Å². The molecule has 2 heterocycles. The molecule has 2 fully saturated rings. The third kappa shape index (κ3) is 3.74. The summed E-state index contributed by atoms with van der Waals surface area (Å²) in [6.07, 6.45) is 7.05. The van der Waals surface area contributed by atoms with Gasteiger partial charge >= 0.3 is 0 Å². The van der Waals surface area contributed by atoms with Crippen molar-refractivity contribution < 1.29 is 0 Å². The average Bonchev–Trinajstić information content (AvgIpc) is 2.40. The molecule has 0 amide bonds. The van der Waals surface area contributed by atoms with Crippen LogP contribution in [0.5, 0.6) is 0 Å². The Kier molecular flexibility index (Phi) is 4.26. The minimum absolute atomic E-state index is 0.540. The molecule has 0 aromatic rings. The van der Waals surface area contributed by atoms with Gasteiger partial charge in [-0.3, -0.25) is 0 Å². The highest BCUT2D eigenvalue weighted by molar-refractivity contribution is 4.80. The third-order valence-electron chi connectivity index (χ3n) is 4.14. The molecule has 2 rings (SSSR count). The molecule has 0 aliphatic carbocycles. The largest absolute Gasteiger partial charge is 0.316 e. The van der Waals surface area contributed by atoms with Gasteiger partial charge in [0.25, 0.3) is 0 Å². The van der Waals surface area contributed by atoms with E-state index < -0.39 is 0 Å². The zero-order valence-corrected chi connectivity index (χ0v) is 11.1. The highest BCUT2D eigenvalue weighted by atomic mass is 15.1. The number of rotatable bonds is 2. The molecule has 2 aliphatic heterocycles. The van der Waals surface area contributed by atoms with Gasteiger partial charge in [-0.15, -0.1) is 0 Å². The van der Waals surface area contributed by atoms with Crippen LogP contribution in [0.15, 0.2) is 0 Å². The molecule has 2 aliphatic rings. The fraction of sp³-hybridized carbons (Fsp3) is 1.00. The highest BCUT2D eigenvalue weighted by Crippen LogP contribution is 2.28. The van der Waals surface area contributed by atoms with Crippen LogP contribution < -0.4 is 5.32 Å². The quantitative estimate of drug-likeness (QED) is 0.775. The Hall–Kier alpha value is -0.0800. The van der Waals surface area contributed by atoms with Crippen molar-refractivity contribution in [2.45, 2.75) is 46.0 Å². The highest BCUT2D eigenvalue weighted by Gasteiger charge is 2.26. The first kappa shape index (κ1) is 12.4. The van der Waals surface area contributed by atoms with Gasteiger partial charge < -0.3 is 10.2 Å². The van der Waals surface area contributed by atoms with E-state index in [9.17, 15) is 0 Å². The van der Waals surface area contributed by atoms with Crippen LogP contribution in [0.4, 0.5) is 0 Å². The predicted octanol–water partition coefficient (Wildman–Crippen LogP) is 2.50. The second-order valence-corrected chi connectivity index (χ2v) is 6.57. The summed E-state index contributed by atoms with van der Waals surface area (Å²) in [6.45, 7) is 11.3. The van der Waals surface area contributed by atoms with Gasteiger partial charge in [-0.25, -0.2) is 0 Å². The van der Waals surface area contributed by atoms with Crippen molar-refractivity contribution in [1.82, 2.24) is 10.2 Å². The first-order valence-corrected chi connectivity index (χ1v) is 7.09. The molecular formula is C14H28N2. The van der Waals surface area contributed by atoms with Crippen LogP contribution in [0.25, 0.3) is 0 Å². The third-order valence-corrected chi connectivity index (χ3v) is 4.14. The number of piperidine rings is 1. The van der Waals surface area contributed by atoms with Crippen LogP contribution in [-0.4, -0.2) is 37.6 Å². The molecule has 0 radical (unpaired) electrons. The van der Waals surface area contributed by atoms with Gasteiger partial charge in [0.1, 0.15) is 0 Å². The molecule has 2 heteroatoms. The molecule has 2 saturated heterocycles. The second kappa shape index (κ2) is 5.50. The summed E-state index contributed by atoms with van der Waals surface area (Å²) in [4.78, 5) is 2.73. The number of likely N-dealkylation sites (tertiary alicyclic amines) is 1. The van der Waals surface area contributed by atoms with Crippen molar-refractivity contribution in [3.63, 3.8) is 0 Å². The molecule has 2 nitrogen and oxygen atoms in total. The summed E-state index contributed by atoms with van der Waals surface area (Å²) in [7, 11) is 0. The van der Waals surface area contributed by atoms with Gasteiger partial charge in [-0.05, 0) is 56.7 Å². The van der Waals surface area contributed by atoms with Crippen LogP contribution in [0.3, 0.4) is 0 Å². The standard InChI is InChI=1S/C14H28N2/c1-14(2)7-3-4-9-16(12-14)11-13-6-5-8-15-10-13/h13,15H,3-12H2,1-2H3. The summed E-state index contributed by atoms with van der Waals surface area (Å²) in [5.74, 6) is 0.905. The summed E-state index contributed by atoms with van der Waals surface area (Å²) in [5.41, 5.74) is 0.540. The minimum Gasteiger partial charge on any atom is -0.316 e. The fourth-order valence-corrected chi connectivity index (χ4v) is 3.30. The van der Waals surface area contributed by atoms with Crippen molar-refractivity contribution in [3.8, 4) is 0 Å². The van der Waals surface area contributed by atoms with E-state index in [1.807, 2.05) is 0 Å².